The van der Waals surface area contributed by atoms with Gasteiger partial charge in [-0.1, -0.05) is 42.5 Å². The third kappa shape index (κ3) is 4.26. The molecule has 2 aromatic rings. The SMILES string of the molecule is CC(C(O)c1ccccc1)N1CCN(CC2COc3ccccc3O2)CC1. The van der Waals surface area contributed by atoms with E-state index < -0.39 is 6.10 Å². The average molecular weight is 368 g/mol. The summed E-state index contributed by atoms with van der Waals surface area (Å²) in [6.45, 7) is 7.45. The lowest BCUT2D eigenvalue weighted by molar-refractivity contribution is 0.00665. The Labute approximate surface area is 161 Å². The highest BCUT2D eigenvalue weighted by Crippen LogP contribution is 2.31. The Morgan fingerprint density at radius 1 is 0.963 bits per heavy atom. The molecule has 1 saturated heterocycles. The number of hydrogen-bond donors (Lipinski definition) is 1. The Morgan fingerprint density at radius 3 is 2.37 bits per heavy atom. The summed E-state index contributed by atoms with van der Waals surface area (Å²) in [5.41, 5.74) is 0.985. The van der Waals surface area contributed by atoms with E-state index in [9.17, 15) is 5.11 Å². The van der Waals surface area contributed by atoms with Crippen LogP contribution in [0, 0.1) is 0 Å². The number of aliphatic hydroxyl groups excluding tert-OH is 1. The minimum Gasteiger partial charge on any atom is -0.486 e. The quantitative estimate of drug-likeness (QED) is 0.879. The fourth-order valence-corrected chi connectivity index (χ4v) is 3.92. The van der Waals surface area contributed by atoms with Crippen LogP contribution in [0.4, 0.5) is 0 Å². The van der Waals surface area contributed by atoms with E-state index in [0.29, 0.717) is 6.61 Å². The summed E-state index contributed by atoms with van der Waals surface area (Å²) in [7, 11) is 0. The van der Waals surface area contributed by atoms with Gasteiger partial charge in [0, 0.05) is 38.8 Å². The molecule has 2 aromatic carbocycles. The minimum atomic E-state index is -0.454. The molecule has 5 nitrogen and oxygen atoms in total. The van der Waals surface area contributed by atoms with Crippen molar-refractivity contribution in [1.29, 1.82) is 0 Å². The summed E-state index contributed by atoms with van der Waals surface area (Å²) in [4.78, 5) is 4.81. The topological polar surface area (TPSA) is 45.2 Å². The molecule has 5 heteroatoms. The largest absolute Gasteiger partial charge is 0.486 e. The lowest BCUT2D eigenvalue weighted by atomic mass is 10.0. The van der Waals surface area contributed by atoms with Crippen LogP contribution in [-0.4, -0.2) is 66.4 Å². The Bertz CT molecular complexity index is 731. The van der Waals surface area contributed by atoms with Crippen molar-refractivity contribution < 1.29 is 14.6 Å². The second-order valence-electron chi connectivity index (χ2n) is 7.43. The molecule has 4 rings (SSSR count). The zero-order chi connectivity index (χ0) is 18.6. The fourth-order valence-electron chi connectivity index (χ4n) is 3.92. The van der Waals surface area contributed by atoms with Gasteiger partial charge in [0.25, 0.3) is 0 Å². The number of piperazine rings is 1. The summed E-state index contributed by atoms with van der Waals surface area (Å²) < 4.78 is 11.9. The lowest BCUT2D eigenvalue weighted by Gasteiger charge is -2.41. The third-order valence-electron chi connectivity index (χ3n) is 5.61. The maximum Gasteiger partial charge on any atom is 0.161 e. The standard InChI is InChI=1S/C22H28N2O3/c1-17(22(25)18-7-3-2-4-8-18)24-13-11-23(12-14-24)15-19-16-26-20-9-5-6-10-21(20)27-19/h2-10,17,19,22,25H,11-16H2,1H3. The van der Waals surface area contributed by atoms with Crippen molar-refractivity contribution in [3.8, 4) is 11.5 Å². The number of hydrogen-bond acceptors (Lipinski definition) is 5. The predicted molar refractivity (Wildman–Crippen MR) is 105 cm³/mol. The van der Waals surface area contributed by atoms with Crippen LogP contribution >= 0.6 is 0 Å². The van der Waals surface area contributed by atoms with Gasteiger partial charge in [0.1, 0.15) is 12.7 Å². The van der Waals surface area contributed by atoms with Crippen LogP contribution in [0.15, 0.2) is 54.6 Å². The van der Waals surface area contributed by atoms with Gasteiger partial charge in [0.05, 0.1) is 6.10 Å². The molecule has 0 saturated carbocycles. The second-order valence-corrected chi connectivity index (χ2v) is 7.43. The first-order chi connectivity index (χ1) is 13.2. The first kappa shape index (κ1) is 18.3. The van der Waals surface area contributed by atoms with E-state index >= 15 is 0 Å². The highest BCUT2D eigenvalue weighted by molar-refractivity contribution is 5.40. The molecule has 27 heavy (non-hydrogen) atoms. The summed E-state index contributed by atoms with van der Waals surface area (Å²) in [6, 6.07) is 17.9. The molecule has 0 aliphatic carbocycles. The molecule has 2 aliphatic rings. The number of fused-ring (bicyclic) bond motifs is 1. The predicted octanol–water partition coefficient (Wildman–Crippen LogP) is 2.57. The number of aliphatic hydroxyl groups is 1. The van der Waals surface area contributed by atoms with Gasteiger partial charge in [-0.2, -0.15) is 0 Å². The van der Waals surface area contributed by atoms with Crippen LogP contribution in [0.2, 0.25) is 0 Å². The molecule has 0 radical (unpaired) electrons. The smallest absolute Gasteiger partial charge is 0.161 e. The molecule has 1 N–H and O–H groups in total. The molecule has 2 aliphatic heterocycles. The third-order valence-corrected chi connectivity index (χ3v) is 5.61. The van der Waals surface area contributed by atoms with E-state index in [-0.39, 0.29) is 12.1 Å². The molecule has 3 atom stereocenters. The molecule has 0 aromatic heterocycles. The van der Waals surface area contributed by atoms with Gasteiger partial charge >= 0.3 is 0 Å². The Hall–Kier alpha value is -2.08. The molecule has 3 unspecified atom stereocenters. The number of ether oxygens (including phenoxy) is 2. The highest BCUT2D eigenvalue weighted by atomic mass is 16.6. The van der Waals surface area contributed by atoms with Gasteiger partial charge in [-0.15, -0.1) is 0 Å². The second kappa shape index (κ2) is 8.30. The summed E-state index contributed by atoms with van der Waals surface area (Å²) in [5.74, 6) is 1.68. The van der Waals surface area contributed by atoms with Crippen molar-refractivity contribution in [3.63, 3.8) is 0 Å². The monoisotopic (exact) mass is 368 g/mol. The molecule has 0 spiro atoms. The molecular weight excluding hydrogens is 340 g/mol. The van der Waals surface area contributed by atoms with Crippen molar-refractivity contribution >= 4 is 0 Å². The van der Waals surface area contributed by atoms with Gasteiger partial charge in [0.15, 0.2) is 11.5 Å². The zero-order valence-corrected chi connectivity index (χ0v) is 15.8. The van der Waals surface area contributed by atoms with Gasteiger partial charge in [-0.05, 0) is 24.6 Å². The number of benzene rings is 2. The van der Waals surface area contributed by atoms with Crippen LogP contribution in [0.3, 0.4) is 0 Å². The maximum absolute atomic E-state index is 10.7. The van der Waals surface area contributed by atoms with E-state index in [2.05, 4.69) is 16.7 Å². The summed E-state index contributed by atoms with van der Waals surface area (Å²) >= 11 is 0. The lowest BCUT2D eigenvalue weighted by Crippen LogP contribution is -2.53. The fraction of sp³-hybridized carbons (Fsp3) is 0.455. The summed E-state index contributed by atoms with van der Waals surface area (Å²) in [5, 5.41) is 10.7. The van der Waals surface area contributed by atoms with Crippen molar-refractivity contribution in [2.45, 2.75) is 25.2 Å². The molecule has 1 fully saturated rings. The first-order valence-corrected chi connectivity index (χ1v) is 9.78. The van der Waals surface area contributed by atoms with Crippen molar-refractivity contribution in [1.82, 2.24) is 9.80 Å². The van der Waals surface area contributed by atoms with Gasteiger partial charge in [-0.3, -0.25) is 9.80 Å². The van der Waals surface area contributed by atoms with E-state index in [1.807, 2.05) is 54.6 Å². The van der Waals surface area contributed by atoms with E-state index in [0.717, 1.165) is 49.8 Å². The van der Waals surface area contributed by atoms with Crippen LogP contribution in [0.25, 0.3) is 0 Å². The number of rotatable bonds is 5. The van der Waals surface area contributed by atoms with Crippen LogP contribution in [0.1, 0.15) is 18.6 Å². The molecule has 0 bridgehead atoms. The van der Waals surface area contributed by atoms with Crippen LogP contribution < -0.4 is 9.47 Å². The highest BCUT2D eigenvalue weighted by Gasteiger charge is 2.29. The summed E-state index contributed by atoms with van der Waals surface area (Å²) in [6.07, 6.45) is -0.386. The van der Waals surface area contributed by atoms with Gasteiger partial charge in [-0.25, -0.2) is 0 Å². The molecule has 0 amide bonds. The van der Waals surface area contributed by atoms with E-state index in [1.165, 1.54) is 0 Å². The average Bonchev–Trinajstić information content (AvgIpc) is 2.74. The molecule has 144 valence electrons. The first-order valence-electron chi connectivity index (χ1n) is 9.78. The number of para-hydroxylation sites is 2. The van der Waals surface area contributed by atoms with Crippen LogP contribution in [-0.2, 0) is 0 Å². The van der Waals surface area contributed by atoms with Crippen molar-refractivity contribution in [2.75, 3.05) is 39.3 Å². The normalized spacial score (nSPS) is 23.0. The molecular formula is C22H28N2O3. The zero-order valence-electron chi connectivity index (χ0n) is 15.8. The Kier molecular flexibility index (Phi) is 5.62. The Morgan fingerprint density at radius 2 is 1.63 bits per heavy atom. The van der Waals surface area contributed by atoms with Crippen molar-refractivity contribution in [3.05, 3.63) is 60.2 Å². The minimum absolute atomic E-state index is 0.0683. The van der Waals surface area contributed by atoms with E-state index in [4.69, 9.17) is 9.47 Å². The maximum atomic E-state index is 10.7. The van der Waals surface area contributed by atoms with Crippen LogP contribution in [0.5, 0.6) is 11.5 Å². The van der Waals surface area contributed by atoms with Gasteiger partial charge in [0.2, 0.25) is 0 Å². The van der Waals surface area contributed by atoms with Gasteiger partial charge < -0.3 is 14.6 Å². The molecule has 2 heterocycles. The Balaban J connectivity index is 1.27. The van der Waals surface area contributed by atoms with E-state index in [1.54, 1.807) is 0 Å². The van der Waals surface area contributed by atoms with Crippen molar-refractivity contribution in [2.24, 2.45) is 0 Å². The number of nitrogens with zero attached hydrogens (tertiary/aromatic N) is 2.